The molecule has 0 saturated heterocycles. The van der Waals surface area contributed by atoms with E-state index in [-0.39, 0.29) is 11.7 Å². The first kappa shape index (κ1) is 11.8. The lowest BCUT2D eigenvalue weighted by molar-refractivity contribution is 0.0692. The fourth-order valence-corrected chi connectivity index (χ4v) is 2.00. The zero-order valence-corrected chi connectivity index (χ0v) is 10.1. The van der Waals surface area contributed by atoms with Gasteiger partial charge in [-0.15, -0.1) is 0 Å². The summed E-state index contributed by atoms with van der Waals surface area (Å²) in [5.74, 6) is -0.645. The van der Waals surface area contributed by atoms with E-state index in [0.29, 0.717) is 16.7 Å². The summed E-state index contributed by atoms with van der Waals surface area (Å²) in [4.78, 5) is 22.3. The van der Waals surface area contributed by atoms with Crippen molar-refractivity contribution in [3.63, 3.8) is 0 Å². The molecule has 0 bridgehead atoms. The van der Waals surface area contributed by atoms with Crippen LogP contribution in [0.2, 0.25) is 0 Å². The van der Waals surface area contributed by atoms with Gasteiger partial charge in [0.25, 0.3) is 0 Å². The monoisotopic (exact) mass is 260 g/mol. The number of fused-ring (bicyclic) bond motifs is 1. The van der Waals surface area contributed by atoms with E-state index >= 15 is 0 Å². The predicted molar refractivity (Wildman–Crippen MR) is 67.7 cm³/mol. The maximum absolute atomic E-state index is 11.5. The van der Waals surface area contributed by atoms with Crippen LogP contribution < -0.4 is 10.4 Å². The number of hydrogen-bond acceptors (Lipinski definition) is 4. The number of carboxylic acid groups (broad SMARTS) is 1. The minimum absolute atomic E-state index is 0.238. The molecule has 1 aromatic carbocycles. The van der Waals surface area contributed by atoms with Crippen LogP contribution in [-0.2, 0) is 0 Å². The van der Waals surface area contributed by atoms with Gasteiger partial charge in [0.05, 0.1) is 6.10 Å². The molecule has 98 valence electrons. The van der Waals surface area contributed by atoms with Gasteiger partial charge in [0.2, 0.25) is 0 Å². The second kappa shape index (κ2) is 4.42. The predicted octanol–water partition coefficient (Wildman–Crippen LogP) is 2.42. The zero-order chi connectivity index (χ0) is 13.4. The third-order valence-corrected chi connectivity index (χ3v) is 3.29. The number of carbonyl (C=O) groups is 1. The van der Waals surface area contributed by atoms with E-state index in [1.165, 1.54) is 12.5 Å². The molecule has 1 fully saturated rings. The van der Waals surface area contributed by atoms with Crippen LogP contribution in [0.15, 0.2) is 33.5 Å². The summed E-state index contributed by atoms with van der Waals surface area (Å²) in [5.41, 5.74) is -0.868. The molecule has 0 amide bonds. The lowest BCUT2D eigenvalue weighted by Gasteiger charge is -2.26. The Morgan fingerprint density at radius 1 is 1.32 bits per heavy atom. The molecule has 2 aromatic rings. The fraction of sp³-hybridized carbons (Fsp3) is 0.286. The molecule has 0 aliphatic heterocycles. The molecule has 1 aromatic heterocycles. The Balaban J connectivity index is 2.01. The van der Waals surface area contributed by atoms with Crippen molar-refractivity contribution in [1.29, 1.82) is 0 Å². The van der Waals surface area contributed by atoms with Crippen molar-refractivity contribution in [3.05, 3.63) is 40.2 Å². The molecule has 1 aliphatic carbocycles. The van der Waals surface area contributed by atoms with E-state index in [9.17, 15) is 9.59 Å². The summed E-state index contributed by atoms with van der Waals surface area (Å²) < 4.78 is 10.7. The highest BCUT2D eigenvalue weighted by Crippen LogP contribution is 2.27. The third kappa shape index (κ3) is 2.19. The van der Waals surface area contributed by atoms with E-state index in [4.69, 9.17) is 14.3 Å². The zero-order valence-electron chi connectivity index (χ0n) is 10.1. The molecule has 0 spiro atoms. The number of aromatic carboxylic acids is 1. The maximum atomic E-state index is 11.5. The van der Waals surface area contributed by atoms with E-state index in [2.05, 4.69) is 0 Å². The van der Waals surface area contributed by atoms with Crippen molar-refractivity contribution < 1.29 is 19.1 Å². The van der Waals surface area contributed by atoms with Crippen molar-refractivity contribution in [2.45, 2.75) is 25.4 Å². The van der Waals surface area contributed by atoms with Gasteiger partial charge in [-0.05, 0) is 37.5 Å². The first-order valence-corrected chi connectivity index (χ1v) is 6.11. The highest BCUT2D eigenvalue weighted by Gasteiger charge is 2.19. The SMILES string of the molecule is O=C(O)c1cc2ccc(OC3CCC3)cc2oc1=O. The van der Waals surface area contributed by atoms with Gasteiger partial charge in [-0.1, -0.05) is 0 Å². The van der Waals surface area contributed by atoms with Gasteiger partial charge in [0.1, 0.15) is 16.9 Å². The highest BCUT2D eigenvalue weighted by atomic mass is 16.5. The summed E-state index contributed by atoms with van der Waals surface area (Å²) in [7, 11) is 0. The topological polar surface area (TPSA) is 76.7 Å². The molecular formula is C14H12O5. The molecule has 0 unspecified atom stereocenters. The molecule has 1 N–H and O–H groups in total. The molecule has 1 heterocycles. The van der Waals surface area contributed by atoms with Crippen molar-refractivity contribution in [2.24, 2.45) is 0 Å². The first-order valence-electron chi connectivity index (χ1n) is 6.11. The van der Waals surface area contributed by atoms with E-state index < -0.39 is 11.6 Å². The van der Waals surface area contributed by atoms with Gasteiger partial charge in [0, 0.05) is 11.5 Å². The van der Waals surface area contributed by atoms with Crippen LogP contribution in [0.1, 0.15) is 29.6 Å². The van der Waals surface area contributed by atoms with Crippen molar-refractivity contribution in [3.8, 4) is 5.75 Å². The average molecular weight is 260 g/mol. The summed E-state index contributed by atoms with van der Waals surface area (Å²) in [5, 5.41) is 9.42. The number of rotatable bonds is 3. The van der Waals surface area contributed by atoms with Gasteiger partial charge in [-0.3, -0.25) is 0 Å². The fourth-order valence-electron chi connectivity index (χ4n) is 2.00. The van der Waals surface area contributed by atoms with Crippen LogP contribution >= 0.6 is 0 Å². The smallest absolute Gasteiger partial charge is 0.351 e. The van der Waals surface area contributed by atoms with Gasteiger partial charge >= 0.3 is 11.6 Å². The Labute approximate surface area is 108 Å². The standard InChI is InChI=1S/C14H12O5/c15-13(16)11-6-8-4-5-10(18-9-2-1-3-9)7-12(8)19-14(11)17/h4-7,9H,1-3H2,(H,15,16). The molecular weight excluding hydrogens is 248 g/mol. The van der Waals surface area contributed by atoms with E-state index in [1.807, 2.05) is 0 Å². The minimum atomic E-state index is -1.29. The van der Waals surface area contributed by atoms with Crippen molar-refractivity contribution >= 4 is 16.9 Å². The van der Waals surface area contributed by atoms with Crippen LogP contribution in [0.4, 0.5) is 0 Å². The molecule has 3 rings (SSSR count). The summed E-state index contributed by atoms with van der Waals surface area (Å²) in [6, 6.07) is 6.39. The molecule has 5 heteroatoms. The van der Waals surface area contributed by atoms with Gasteiger partial charge in [0.15, 0.2) is 0 Å². The van der Waals surface area contributed by atoms with E-state index in [0.717, 1.165) is 12.8 Å². The Hall–Kier alpha value is -2.30. The Morgan fingerprint density at radius 2 is 2.11 bits per heavy atom. The second-order valence-corrected chi connectivity index (χ2v) is 4.62. The molecule has 5 nitrogen and oxygen atoms in total. The van der Waals surface area contributed by atoms with Crippen LogP contribution in [0.5, 0.6) is 5.75 Å². The van der Waals surface area contributed by atoms with Gasteiger partial charge in [-0.25, -0.2) is 9.59 Å². The summed E-state index contributed by atoms with van der Waals surface area (Å²) in [6.07, 6.45) is 3.50. The normalized spacial score (nSPS) is 15.2. The molecule has 0 radical (unpaired) electrons. The third-order valence-electron chi connectivity index (χ3n) is 3.29. The van der Waals surface area contributed by atoms with Crippen LogP contribution in [0.25, 0.3) is 11.0 Å². The van der Waals surface area contributed by atoms with Gasteiger partial charge in [-0.2, -0.15) is 0 Å². The lowest BCUT2D eigenvalue weighted by atomic mass is 9.96. The van der Waals surface area contributed by atoms with Gasteiger partial charge < -0.3 is 14.3 Å². The molecule has 1 saturated carbocycles. The van der Waals surface area contributed by atoms with Crippen LogP contribution in [0, 0.1) is 0 Å². The van der Waals surface area contributed by atoms with Crippen molar-refractivity contribution in [2.75, 3.05) is 0 Å². The van der Waals surface area contributed by atoms with Crippen LogP contribution in [0.3, 0.4) is 0 Å². The Morgan fingerprint density at radius 3 is 2.74 bits per heavy atom. The molecule has 0 atom stereocenters. The number of benzene rings is 1. The number of hydrogen-bond donors (Lipinski definition) is 1. The Bertz CT molecular complexity index is 697. The summed E-state index contributed by atoms with van der Waals surface area (Å²) in [6.45, 7) is 0. The largest absolute Gasteiger partial charge is 0.490 e. The Kier molecular flexibility index (Phi) is 2.74. The number of carboxylic acids is 1. The first-order chi connectivity index (χ1) is 9.13. The highest BCUT2D eigenvalue weighted by molar-refractivity contribution is 5.91. The van der Waals surface area contributed by atoms with E-state index in [1.54, 1.807) is 18.2 Å². The van der Waals surface area contributed by atoms with Crippen molar-refractivity contribution in [1.82, 2.24) is 0 Å². The minimum Gasteiger partial charge on any atom is -0.490 e. The maximum Gasteiger partial charge on any atom is 0.351 e. The summed E-state index contributed by atoms with van der Waals surface area (Å²) >= 11 is 0. The number of ether oxygens (including phenoxy) is 1. The molecule has 1 aliphatic rings. The quantitative estimate of drug-likeness (QED) is 0.857. The lowest BCUT2D eigenvalue weighted by Crippen LogP contribution is -2.24. The second-order valence-electron chi connectivity index (χ2n) is 4.62. The van der Waals surface area contributed by atoms with Crippen LogP contribution in [-0.4, -0.2) is 17.2 Å². The molecule has 19 heavy (non-hydrogen) atoms. The average Bonchev–Trinajstić information content (AvgIpc) is 2.32.